The molecule has 0 radical (unpaired) electrons. The maximum atomic E-state index is 14.2. The van der Waals surface area contributed by atoms with E-state index in [1.54, 1.807) is 30.1 Å². The number of amides is 2. The molecular formula is C27H24Cl2F4N4O2. The van der Waals surface area contributed by atoms with Gasteiger partial charge in [-0.1, -0.05) is 35.3 Å². The molecular weight excluding hydrogens is 559 g/mol. The van der Waals surface area contributed by atoms with Crippen molar-refractivity contribution in [3.63, 3.8) is 0 Å². The van der Waals surface area contributed by atoms with E-state index in [1.807, 2.05) is 11.0 Å². The fourth-order valence-corrected chi connectivity index (χ4v) is 5.06. The van der Waals surface area contributed by atoms with Gasteiger partial charge in [0, 0.05) is 50.3 Å². The summed E-state index contributed by atoms with van der Waals surface area (Å²) in [5.74, 6) is -1.94. The zero-order valence-corrected chi connectivity index (χ0v) is 22.4. The summed E-state index contributed by atoms with van der Waals surface area (Å²) in [6.45, 7) is 2.06. The van der Waals surface area contributed by atoms with Crippen LogP contribution in [0, 0.1) is 5.82 Å². The molecule has 0 spiro atoms. The average Bonchev–Trinajstić information content (AvgIpc) is 3.30. The van der Waals surface area contributed by atoms with Crippen molar-refractivity contribution < 1.29 is 27.2 Å². The quantitative estimate of drug-likeness (QED) is 0.349. The van der Waals surface area contributed by atoms with Crippen molar-refractivity contribution in [2.24, 2.45) is 0 Å². The molecule has 1 aliphatic heterocycles. The fourth-order valence-electron chi connectivity index (χ4n) is 4.76. The first-order valence-corrected chi connectivity index (χ1v) is 12.6. The number of rotatable bonds is 6. The summed E-state index contributed by atoms with van der Waals surface area (Å²) in [6, 6.07) is 10.8. The highest BCUT2D eigenvalue weighted by Gasteiger charge is 2.39. The molecule has 6 nitrogen and oxygen atoms in total. The number of likely N-dealkylation sites (N-methyl/N-ethyl adjacent to an activating group) is 1. The van der Waals surface area contributed by atoms with Crippen LogP contribution in [0.3, 0.4) is 0 Å². The van der Waals surface area contributed by atoms with Gasteiger partial charge in [-0.05, 0) is 54.6 Å². The first-order valence-electron chi connectivity index (χ1n) is 11.9. The summed E-state index contributed by atoms with van der Waals surface area (Å²) >= 11 is 12.4. The van der Waals surface area contributed by atoms with Gasteiger partial charge in [0.25, 0.3) is 5.91 Å². The van der Waals surface area contributed by atoms with Crippen molar-refractivity contribution in [2.45, 2.75) is 31.6 Å². The number of carbonyl (C=O) groups is 2. The molecule has 1 saturated heterocycles. The molecule has 0 aliphatic carbocycles. The van der Waals surface area contributed by atoms with Crippen molar-refractivity contribution in [1.82, 2.24) is 14.8 Å². The van der Waals surface area contributed by atoms with E-state index in [1.165, 1.54) is 25.3 Å². The van der Waals surface area contributed by atoms with Crippen LogP contribution in [0.1, 0.15) is 39.9 Å². The largest absolute Gasteiger partial charge is 0.419 e. The normalized spacial score (nSPS) is 17.5. The van der Waals surface area contributed by atoms with Crippen LogP contribution in [-0.2, 0) is 17.5 Å². The van der Waals surface area contributed by atoms with Gasteiger partial charge in [-0.2, -0.15) is 13.2 Å². The Labute approximate surface area is 232 Å². The summed E-state index contributed by atoms with van der Waals surface area (Å²) in [4.78, 5) is 32.4. The van der Waals surface area contributed by atoms with Gasteiger partial charge in [0.2, 0.25) is 5.91 Å². The Balaban J connectivity index is 1.61. The molecule has 2 heterocycles. The Morgan fingerprint density at radius 3 is 2.46 bits per heavy atom. The molecule has 206 valence electrons. The van der Waals surface area contributed by atoms with Gasteiger partial charge < -0.3 is 10.2 Å². The molecule has 1 aromatic heterocycles. The Morgan fingerprint density at radius 1 is 1.08 bits per heavy atom. The van der Waals surface area contributed by atoms with E-state index in [0.29, 0.717) is 27.7 Å². The first kappa shape index (κ1) is 28.8. The second kappa shape index (κ2) is 11.5. The Morgan fingerprint density at radius 2 is 1.82 bits per heavy atom. The third-order valence-corrected chi connectivity index (χ3v) is 7.34. The third-order valence-electron chi connectivity index (χ3n) is 6.60. The number of carbonyl (C=O) groups excluding carboxylic acids is 2. The van der Waals surface area contributed by atoms with E-state index in [9.17, 15) is 27.2 Å². The number of alkyl halides is 3. The first-order chi connectivity index (χ1) is 18.3. The minimum atomic E-state index is -4.79. The van der Waals surface area contributed by atoms with Gasteiger partial charge >= 0.3 is 6.18 Å². The number of anilines is 1. The van der Waals surface area contributed by atoms with Crippen LogP contribution in [0.25, 0.3) is 0 Å². The molecule has 12 heteroatoms. The second-order valence-electron chi connectivity index (χ2n) is 9.40. The summed E-state index contributed by atoms with van der Waals surface area (Å²) in [6.07, 6.45) is -3.36. The minimum absolute atomic E-state index is 0.140. The van der Waals surface area contributed by atoms with E-state index in [-0.39, 0.29) is 42.7 Å². The Kier molecular flexibility index (Phi) is 8.48. The molecule has 0 unspecified atom stereocenters. The van der Waals surface area contributed by atoms with Crippen molar-refractivity contribution in [3.05, 3.63) is 92.8 Å². The van der Waals surface area contributed by atoms with Crippen LogP contribution >= 0.6 is 23.2 Å². The molecule has 2 aromatic carbocycles. The number of hydrogen-bond acceptors (Lipinski definition) is 4. The monoisotopic (exact) mass is 582 g/mol. The van der Waals surface area contributed by atoms with Crippen LogP contribution in [-0.4, -0.2) is 52.8 Å². The lowest BCUT2D eigenvalue weighted by molar-refractivity contribution is -0.140. The van der Waals surface area contributed by atoms with Crippen molar-refractivity contribution in [1.29, 1.82) is 0 Å². The standard InChI is InChI=1S/C27H24Cl2F4N4O2/c1-15(38)35-25-11-18(7-8-34-25)26(39)37-13-19(17-4-6-21(28)22(29)10-17)24(14-37)36(2)12-16-3-5-20(23(30)9-16)27(31,32)33/h3-11,19,24H,12-14H2,1-2H3,(H,34,35,38)/t19-,24+/m1/s1. The molecule has 0 saturated carbocycles. The summed E-state index contributed by atoms with van der Waals surface area (Å²) in [5, 5.41) is 3.27. The highest BCUT2D eigenvalue weighted by atomic mass is 35.5. The summed E-state index contributed by atoms with van der Waals surface area (Å²) < 4.78 is 53.2. The van der Waals surface area contributed by atoms with Gasteiger partial charge in [-0.15, -0.1) is 0 Å². The highest BCUT2D eigenvalue weighted by molar-refractivity contribution is 6.42. The SMILES string of the molecule is CC(=O)Nc1cc(C(=O)N2C[C@H](c3ccc(Cl)c(Cl)c3)[C@@H](N(C)Cc3ccc(C(F)(F)F)c(F)c3)C2)ccn1. The number of benzene rings is 2. The number of pyridine rings is 1. The Bertz CT molecular complexity index is 1400. The zero-order valence-electron chi connectivity index (χ0n) is 20.9. The molecule has 2 amide bonds. The minimum Gasteiger partial charge on any atom is -0.336 e. The van der Waals surface area contributed by atoms with E-state index in [2.05, 4.69) is 10.3 Å². The van der Waals surface area contributed by atoms with E-state index >= 15 is 0 Å². The lowest BCUT2D eigenvalue weighted by Gasteiger charge is -2.29. The molecule has 3 aromatic rings. The number of aromatic nitrogens is 1. The maximum Gasteiger partial charge on any atom is 0.419 e. The number of likely N-dealkylation sites (tertiary alicyclic amines) is 1. The molecule has 1 aliphatic rings. The van der Waals surface area contributed by atoms with E-state index in [4.69, 9.17) is 23.2 Å². The molecule has 39 heavy (non-hydrogen) atoms. The highest BCUT2D eigenvalue weighted by Crippen LogP contribution is 2.36. The lowest BCUT2D eigenvalue weighted by atomic mass is 9.93. The van der Waals surface area contributed by atoms with Crippen molar-refractivity contribution >= 4 is 40.8 Å². The number of hydrogen-bond donors (Lipinski definition) is 1. The van der Waals surface area contributed by atoms with Crippen LogP contribution in [0.15, 0.2) is 54.7 Å². The van der Waals surface area contributed by atoms with Crippen LogP contribution in [0.5, 0.6) is 0 Å². The van der Waals surface area contributed by atoms with Crippen molar-refractivity contribution in [2.75, 3.05) is 25.5 Å². The average molecular weight is 583 g/mol. The van der Waals surface area contributed by atoms with Gasteiger partial charge in [0.1, 0.15) is 11.6 Å². The van der Waals surface area contributed by atoms with Gasteiger partial charge in [0.15, 0.2) is 0 Å². The van der Waals surface area contributed by atoms with Crippen molar-refractivity contribution in [3.8, 4) is 0 Å². The molecule has 2 atom stereocenters. The fraction of sp³-hybridized carbons (Fsp3) is 0.296. The van der Waals surface area contributed by atoms with E-state index < -0.39 is 17.6 Å². The van der Waals surface area contributed by atoms with Crippen LogP contribution in [0.4, 0.5) is 23.4 Å². The Hall–Kier alpha value is -3.21. The third kappa shape index (κ3) is 6.69. The predicted molar refractivity (Wildman–Crippen MR) is 140 cm³/mol. The number of halogens is 6. The smallest absolute Gasteiger partial charge is 0.336 e. The second-order valence-corrected chi connectivity index (χ2v) is 10.2. The maximum absolute atomic E-state index is 14.2. The summed E-state index contributed by atoms with van der Waals surface area (Å²) in [5.41, 5.74) is 0.185. The zero-order chi connectivity index (χ0) is 28.5. The predicted octanol–water partition coefficient (Wildman–Crippen LogP) is 6.24. The van der Waals surface area contributed by atoms with E-state index in [0.717, 1.165) is 17.7 Å². The molecule has 1 fully saturated rings. The van der Waals surface area contributed by atoms with Gasteiger partial charge in [0.05, 0.1) is 15.6 Å². The topological polar surface area (TPSA) is 65.5 Å². The molecule has 1 N–H and O–H groups in total. The van der Waals surface area contributed by atoms with Crippen LogP contribution < -0.4 is 5.32 Å². The molecule has 4 rings (SSSR count). The number of nitrogens with one attached hydrogen (secondary N) is 1. The van der Waals surface area contributed by atoms with Crippen LogP contribution in [0.2, 0.25) is 10.0 Å². The summed E-state index contributed by atoms with van der Waals surface area (Å²) in [7, 11) is 1.76. The number of nitrogens with zero attached hydrogens (tertiary/aromatic N) is 3. The van der Waals surface area contributed by atoms with Gasteiger partial charge in [-0.25, -0.2) is 9.37 Å². The molecule has 0 bridgehead atoms. The lowest BCUT2D eigenvalue weighted by Crippen LogP contribution is -2.38. The van der Waals surface area contributed by atoms with Gasteiger partial charge in [-0.3, -0.25) is 14.5 Å².